The number of alkyl halides is 3. The van der Waals surface area contributed by atoms with Crippen molar-refractivity contribution in [3.63, 3.8) is 0 Å². The van der Waals surface area contributed by atoms with Crippen LogP contribution in [0.1, 0.15) is 66.1 Å². The quantitative estimate of drug-likeness (QED) is 0.174. The number of fused-ring (bicyclic) bond motifs is 3. The van der Waals surface area contributed by atoms with E-state index in [-0.39, 0.29) is 17.5 Å². The molecule has 8 heteroatoms. The van der Waals surface area contributed by atoms with Crippen LogP contribution in [0.4, 0.5) is 13.2 Å². The maximum atomic E-state index is 13.8. The van der Waals surface area contributed by atoms with Crippen LogP contribution in [0.3, 0.4) is 0 Å². The first-order valence-corrected chi connectivity index (χ1v) is 16.5. The van der Waals surface area contributed by atoms with Crippen LogP contribution in [0.25, 0.3) is 22.3 Å². The molecule has 2 amide bonds. The summed E-state index contributed by atoms with van der Waals surface area (Å²) in [5, 5.41) is 6.14. The highest BCUT2D eigenvalue weighted by Gasteiger charge is 2.48. The molecule has 1 aliphatic heterocycles. The Bertz CT molecular complexity index is 1680. The summed E-state index contributed by atoms with van der Waals surface area (Å²) in [6, 6.07) is 28.7. The maximum Gasteiger partial charge on any atom is 0.416 e. The fraction of sp³-hybridized carbons (Fsp3) is 0.333. The SMILES string of the molecule is CCNC(=O)C1(CCCCN2CCC(NC(=O)c3cc(C(F)(F)F)ccc3-c3ccccc3)CC2)c2ccccc2-c2ccccc21. The number of halogens is 3. The topological polar surface area (TPSA) is 61.4 Å². The lowest BCUT2D eigenvalue weighted by atomic mass is 9.73. The molecule has 0 unspecified atom stereocenters. The Balaban J connectivity index is 1.07. The molecule has 0 saturated carbocycles. The van der Waals surface area contributed by atoms with Crippen LogP contribution < -0.4 is 10.6 Å². The van der Waals surface area contributed by atoms with Gasteiger partial charge < -0.3 is 15.5 Å². The van der Waals surface area contributed by atoms with E-state index in [1.165, 1.54) is 6.07 Å². The largest absolute Gasteiger partial charge is 0.416 e. The molecule has 47 heavy (non-hydrogen) atoms. The highest BCUT2D eigenvalue weighted by Crippen LogP contribution is 2.51. The van der Waals surface area contributed by atoms with Gasteiger partial charge in [-0.2, -0.15) is 13.2 Å². The van der Waals surface area contributed by atoms with Gasteiger partial charge in [0.2, 0.25) is 5.91 Å². The molecule has 2 aliphatic rings. The second-order valence-corrected chi connectivity index (χ2v) is 12.5. The summed E-state index contributed by atoms with van der Waals surface area (Å²) < 4.78 is 40.7. The molecule has 0 spiro atoms. The molecule has 0 bridgehead atoms. The van der Waals surface area contributed by atoms with E-state index in [2.05, 4.69) is 39.8 Å². The summed E-state index contributed by atoms with van der Waals surface area (Å²) in [5.41, 5.74) is 4.04. The van der Waals surface area contributed by atoms with Crippen LogP contribution in [0.2, 0.25) is 0 Å². The van der Waals surface area contributed by atoms with E-state index in [0.29, 0.717) is 24.1 Å². The first-order chi connectivity index (χ1) is 22.7. The Morgan fingerprint density at radius 3 is 2.04 bits per heavy atom. The Morgan fingerprint density at radius 1 is 0.809 bits per heavy atom. The van der Waals surface area contributed by atoms with Gasteiger partial charge in [-0.3, -0.25) is 9.59 Å². The summed E-state index contributed by atoms with van der Waals surface area (Å²) in [6.45, 7) is 4.96. The van der Waals surface area contributed by atoms with Crippen molar-refractivity contribution >= 4 is 11.8 Å². The number of carbonyl (C=O) groups is 2. The van der Waals surface area contributed by atoms with Crippen molar-refractivity contribution in [3.8, 4) is 22.3 Å². The van der Waals surface area contributed by atoms with Crippen LogP contribution in [-0.2, 0) is 16.4 Å². The predicted molar refractivity (Wildman–Crippen MR) is 179 cm³/mol. The summed E-state index contributed by atoms with van der Waals surface area (Å²) >= 11 is 0. The maximum absolute atomic E-state index is 13.8. The minimum Gasteiger partial charge on any atom is -0.355 e. The lowest BCUT2D eigenvalue weighted by Gasteiger charge is -2.33. The Morgan fingerprint density at radius 2 is 1.43 bits per heavy atom. The van der Waals surface area contributed by atoms with E-state index in [0.717, 1.165) is 79.7 Å². The van der Waals surface area contributed by atoms with Crippen molar-refractivity contribution in [1.29, 1.82) is 0 Å². The Kier molecular flexibility index (Phi) is 9.50. The molecule has 6 rings (SSSR count). The molecular formula is C39H40F3N3O2. The van der Waals surface area contributed by atoms with Crippen LogP contribution in [0.15, 0.2) is 97.1 Å². The van der Waals surface area contributed by atoms with E-state index >= 15 is 0 Å². The first kappa shape index (κ1) is 32.5. The molecule has 4 aromatic rings. The molecule has 244 valence electrons. The highest BCUT2D eigenvalue weighted by molar-refractivity contribution is 6.02. The molecule has 5 nitrogen and oxygen atoms in total. The van der Waals surface area contributed by atoms with Crippen LogP contribution in [0.5, 0.6) is 0 Å². The molecule has 0 aromatic heterocycles. The molecule has 1 aliphatic carbocycles. The van der Waals surface area contributed by atoms with Gasteiger partial charge in [0.15, 0.2) is 0 Å². The lowest BCUT2D eigenvalue weighted by Crippen LogP contribution is -2.45. The monoisotopic (exact) mass is 639 g/mol. The number of carbonyl (C=O) groups excluding carboxylic acids is 2. The van der Waals surface area contributed by atoms with Crippen molar-refractivity contribution in [1.82, 2.24) is 15.5 Å². The summed E-state index contributed by atoms with van der Waals surface area (Å²) in [4.78, 5) is 29.5. The zero-order chi connectivity index (χ0) is 33.0. The predicted octanol–water partition coefficient (Wildman–Crippen LogP) is 7.84. The smallest absolute Gasteiger partial charge is 0.355 e. The van der Waals surface area contributed by atoms with Gasteiger partial charge in [0, 0.05) is 31.2 Å². The third-order valence-corrected chi connectivity index (χ3v) is 9.66. The van der Waals surface area contributed by atoms with Gasteiger partial charge in [-0.05, 0) is 84.7 Å². The second-order valence-electron chi connectivity index (χ2n) is 12.5. The van der Waals surface area contributed by atoms with Gasteiger partial charge in [0.1, 0.15) is 5.41 Å². The molecule has 1 fully saturated rings. The minimum absolute atomic E-state index is 0.0320. The summed E-state index contributed by atoms with van der Waals surface area (Å²) in [6.07, 6.45) is -0.606. The average molecular weight is 640 g/mol. The number of hydrogen-bond acceptors (Lipinski definition) is 3. The van der Waals surface area contributed by atoms with Crippen LogP contribution >= 0.6 is 0 Å². The average Bonchev–Trinajstić information content (AvgIpc) is 3.38. The number of piperidine rings is 1. The van der Waals surface area contributed by atoms with Crippen LogP contribution in [-0.4, -0.2) is 48.9 Å². The number of nitrogens with one attached hydrogen (secondary N) is 2. The van der Waals surface area contributed by atoms with Crippen molar-refractivity contribution in [3.05, 3.63) is 119 Å². The molecule has 1 saturated heterocycles. The van der Waals surface area contributed by atoms with Crippen LogP contribution in [0, 0.1) is 0 Å². The van der Waals surface area contributed by atoms with Gasteiger partial charge in [-0.25, -0.2) is 0 Å². The number of amides is 2. The van der Waals surface area contributed by atoms with E-state index in [1.807, 2.05) is 37.3 Å². The second kappa shape index (κ2) is 13.7. The summed E-state index contributed by atoms with van der Waals surface area (Å²) in [5.74, 6) is -0.439. The van der Waals surface area contributed by atoms with Crippen molar-refractivity contribution in [2.45, 2.75) is 56.7 Å². The number of likely N-dealkylation sites (N-methyl/N-ethyl adjacent to an activating group) is 1. The molecule has 0 radical (unpaired) electrons. The number of likely N-dealkylation sites (tertiary alicyclic amines) is 1. The van der Waals surface area contributed by atoms with E-state index < -0.39 is 23.1 Å². The number of hydrogen-bond donors (Lipinski definition) is 2. The van der Waals surface area contributed by atoms with Gasteiger partial charge >= 0.3 is 6.18 Å². The van der Waals surface area contributed by atoms with Gasteiger partial charge in [0.05, 0.1) is 5.56 Å². The first-order valence-electron chi connectivity index (χ1n) is 16.5. The third kappa shape index (κ3) is 6.57. The molecule has 1 heterocycles. The minimum atomic E-state index is -4.54. The number of benzene rings is 4. The van der Waals surface area contributed by atoms with Gasteiger partial charge in [-0.15, -0.1) is 0 Å². The number of nitrogens with zero attached hydrogens (tertiary/aromatic N) is 1. The normalized spacial score (nSPS) is 15.9. The third-order valence-electron chi connectivity index (χ3n) is 9.66. The Hall–Kier alpha value is -4.43. The van der Waals surface area contributed by atoms with E-state index in [1.54, 1.807) is 24.3 Å². The molecule has 2 N–H and O–H groups in total. The Labute approximate surface area is 274 Å². The van der Waals surface area contributed by atoms with E-state index in [9.17, 15) is 22.8 Å². The van der Waals surface area contributed by atoms with Gasteiger partial charge in [0.25, 0.3) is 5.91 Å². The van der Waals surface area contributed by atoms with Crippen molar-refractivity contribution < 1.29 is 22.8 Å². The standard InChI is InChI=1S/C39H40F3N3O2/c1-2-43-37(47)38(34-16-8-6-14-31(34)32-15-7-9-17-35(32)38)22-10-11-23-45-24-20-29(21-25-45)44-36(46)33-26-28(39(40,41)42)18-19-30(33)27-12-4-3-5-13-27/h3-9,12-19,26,29H,2,10-11,20-25H2,1H3,(H,43,47)(H,44,46). The van der Waals surface area contributed by atoms with E-state index in [4.69, 9.17) is 0 Å². The molecule has 4 aromatic carbocycles. The summed E-state index contributed by atoms with van der Waals surface area (Å²) in [7, 11) is 0. The molecular weight excluding hydrogens is 599 g/mol. The fourth-order valence-corrected chi connectivity index (χ4v) is 7.33. The lowest BCUT2D eigenvalue weighted by molar-refractivity contribution is -0.137. The highest BCUT2D eigenvalue weighted by atomic mass is 19.4. The zero-order valence-corrected chi connectivity index (χ0v) is 26.6. The van der Waals surface area contributed by atoms with Gasteiger partial charge in [-0.1, -0.05) is 91.3 Å². The van der Waals surface area contributed by atoms with Crippen molar-refractivity contribution in [2.75, 3.05) is 26.2 Å². The number of rotatable bonds is 10. The number of unbranched alkanes of at least 4 members (excludes halogenated alkanes) is 1. The van der Waals surface area contributed by atoms with Crippen molar-refractivity contribution in [2.24, 2.45) is 0 Å². The molecule has 0 atom stereocenters. The fourth-order valence-electron chi connectivity index (χ4n) is 7.33. The zero-order valence-electron chi connectivity index (χ0n) is 26.6.